The number of nitrogens with zero attached hydrogens (tertiary/aromatic N) is 1. The molecule has 3 rings (SSSR count). The molecule has 0 bridgehead atoms. The minimum absolute atomic E-state index is 0.176. The van der Waals surface area contributed by atoms with Crippen LogP contribution in [0.4, 0.5) is 0 Å². The molecule has 2 aromatic rings. The first kappa shape index (κ1) is 36.6. The Morgan fingerprint density at radius 3 is 2.33 bits per heavy atom. The fraction of sp³-hybridized carbons (Fsp3) is 0.500. The van der Waals surface area contributed by atoms with E-state index in [1.807, 2.05) is 62.4 Å². The highest BCUT2D eigenvalue weighted by Crippen LogP contribution is 2.26. The third kappa shape index (κ3) is 11.4. The molecule has 10 nitrogen and oxygen atoms in total. The van der Waals surface area contributed by atoms with Crippen LogP contribution in [0.15, 0.2) is 48.5 Å². The predicted octanol–water partition coefficient (Wildman–Crippen LogP) is 4.39. The Morgan fingerprint density at radius 2 is 1.71 bits per heavy atom. The lowest BCUT2D eigenvalue weighted by Gasteiger charge is -2.34. The molecule has 13 heteroatoms. The van der Waals surface area contributed by atoms with Crippen molar-refractivity contribution in [3.05, 3.63) is 59.7 Å². The summed E-state index contributed by atoms with van der Waals surface area (Å²) in [6.45, 7) is 6.78. The number of rotatable bonds is 12. The van der Waals surface area contributed by atoms with E-state index in [1.54, 1.807) is 6.92 Å². The summed E-state index contributed by atoms with van der Waals surface area (Å²) in [7, 11) is 0. The summed E-state index contributed by atoms with van der Waals surface area (Å²) in [4.78, 5) is 51.4. The summed E-state index contributed by atoms with van der Waals surface area (Å²) in [6.07, 6.45) is 1.05. The van der Waals surface area contributed by atoms with Gasteiger partial charge in [0.1, 0.15) is 24.7 Å². The number of amides is 3. The lowest BCUT2D eigenvalue weighted by Crippen LogP contribution is -2.61. The van der Waals surface area contributed by atoms with Crippen molar-refractivity contribution in [3.63, 3.8) is 0 Å². The molecule has 0 saturated carbocycles. The van der Waals surface area contributed by atoms with Crippen LogP contribution in [0.2, 0.25) is 0 Å². The second-order valence-electron chi connectivity index (χ2n) is 11.6. The Bertz CT molecular complexity index is 1330. The van der Waals surface area contributed by atoms with Crippen molar-refractivity contribution in [3.8, 4) is 11.1 Å². The molecule has 4 N–H and O–H groups in total. The van der Waals surface area contributed by atoms with Crippen LogP contribution in [-0.4, -0.2) is 68.9 Å². The van der Waals surface area contributed by atoms with Crippen LogP contribution in [0, 0.1) is 5.92 Å². The lowest BCUT2D eigenvalue weighted by atomic mass is 9.99. The zero-order valence-corrected chi connectivity index (χ0v) is 28.1. The van der Waals surface area contributed by atoms with E-state index in [0.29, 0.717) is 25.8 Å². The first-order valence-electron chi connectivity index (χ1n) is 14.9. The summed E-state index contributed by atoms with van der Waals surface area (Å²) >= 11 is 16.9. The fourth-order valence-corrected chi connectivity index (χ4v) is 5.01. The van der Waals surface area contributed by atoms with Crippen LogP contribution < -0.4 is 16.1 Å². The standard InChI is InChI=1S/C32H41Cl3N4O6/c1-19(2)28(29(42)36-20(3)30(43)39-16-6-9-26(38-39)31(44)45-18-32(33,34)35)37-27(41)15-12-22-10-13-23(14-11-22)25-8-5-7-24(17-25)21(4)40/h5,7-8,10-11,13-14,17,19-21,26,28,38,40H,6,9,12,15-16,18H2,1-4H3,(H,36,42)(H,37,41)/t20-,21+,26-,28-/m0/s1. The first-order chi connectivity index (χ1) is 21.1. The van der Waals surface area contributed by atoms with E-state index in [1.165, 1.54) is 11.9 Å². The topological polar surface area (TPSA) is 137 Å². The van der Waals surface area contributed by atoms with Crippen LogP contribution in [0.1, 0.15) is 64.2 Å². The van der Waals surface area contributed by atoms with Gasteiger partial charge in [0.15, 0.2) is 0 Å². The summed E-state index contributed by atoms with van der Waals surface area (Å²) < 4.78 is 3.27. The SMILES string of the molecule is CC(C)[C@H](NC(=O)CCc1ccc(-c2cccc([C@@H](C)O)c2)cc1)C(=O)N[C@@H](C)C(=O)N1CCC[C@@H](C(=O)OCC(Cl)(Cl)Cl)N1. The van der Waals surface area contributed by atoms with E-state index < -0.39 is 52.4 Å². The van der Waals surface area contributed by atoms with Crippen molar-refractivity contribution in [2.75, 3.05) is 13.2 Å². The van der Waals surface area contributed by atoms with Crippen LogP contribution >= 0.6 is 34.8 Å². The van der Waals surface area contributed by atoms with Gasteiger partial charge in [-0.05, 0) is 67.3 Å². The Kier molecular flexibility index (Phi) is 13.5. The van der Waals surface area contributed by atoms with Gasteiger partial charge in [0.05, 0.1) is 6.10 Å². The van der Waals surface area contributed by atoms with Crippen molar-refractivity contribution in [2.45, 2.75) is 81.4 Å². The number of hydrazine groups is 1. The smallest absolute Gasteiger partial charge is 0.325 e. The number of aliphatic hydroxyl groups is 1. The van der Waals surface area contributed by atoms with Crippen molar-refractivity contribution in [1.29, 1.82) is 0 Å². The van der Waals surface area contributed by atoms with Gasteiger partial charge >= 0.3 is 5.97 Å². The lowest BCUT2D eigenvalue weighted by molar-refractivity contribution is -0.152. The monoisotopic (exact) mass is 682 g/mol. The van der Waals surface area contributed by atoms with Gasteiger partial charge in [0.25, 0.3) is 5.91 Å². The number of benzene rings is 2. The van der Waals surface area contributed by atoms with Gasteiger partial charge in [-0.25, -0.2) is 5.43 Å². The molecule has 4 atom stereocenters. The number of nitrogens with one attached hydrogen (secondary N) is 3. The molecule has 0 radical (unpaired) electrons. The van der Waals surface area contributed by atoms with E-state index in [-0.39, 0.29) is 18.2 Å². The van der Waals surface area contributed by atoms with Gasteiger partial charge in [-0.15, -0.1) is 0 Å². The highest BCUT2D eigenvalue weighted by atomic mass is 35.6. The summed E-state index contributed by atoms with van der Waals surface area (Å²) in [6, 6.07) is 13.0. The normalized spacial score (nSPS) is 17.3. The summed E-state index contributed by atoms with van der Waals surface area (Å²) in [5, 5.41) is 16.6. The van der Waals surface area contributed by atoms with E-state index in [2.05, 4.69) is 16.1 Å². The van der Waals surface area contributed by atoms with Gasteiger partial charge in [0.2, 0.25) is 15.6 Å². The van der Waals surface area contributed by atoms with Crippen molar-refractivity contribution in [1.82, 2.24) is 21.1 Å². The van der Waals surface area contributed by atoms with Gasteiger partial charge in [0, 0.05) is 13.0 Å². The maximum atomic E-state index is 13.1. The number of alkyl halides is 3. The second kappa shape index (κ2) is 16.6. The second-order valence-corrected chi connectivity index (χ2v) is 14.1. The first-order valence-corrected chi connectivity index (χ1v) is 16.1. The van der Waals surface area contributed by atoms with Gasteiger partial charge < -0.3 is 20.5 Å². The molecule has 0 spiro atoms. The van der Waals surface area contributed by atoms with Crippen molar-refractivity contribution in [2.24, 2.45) is 5.92 Å². The molecule has 0 aliphatic carbocycles. The number of esters is 1. The van der Waals surface area contributed by atoms with Gasteiger partial charge in [-0.2, -0.15) is 0 Å². The Morgan fingerprint density at radius 1 is 1.02 bits per heavy atom. The number of aryl methyl sites for hydroxylation is 1. The number of hydrogen-bond acceptors (Lipinski definition) is 7. The highest BCUT2D eigenvalue weighted by molar-refractivity contribution is 6.67. The molecule has 1 heterocycles. The van der Waals surface area contributed by atoms with Crippen LogP contribution in [0.3, 0.4) is 0 Å². The highest BCUT2D eigenvalue weighted by Gasteiger charge is 2.34. The average Bonchev–Trinajstić information content (AvgIpc) is 3.00. The fourth-order valence-electron chi connectivity index (χ4n) is 4.85. The largest absolute Gasteiger partial charge is 0.460 e. The molecule has 1 aliphatic rings. The zero-order chi connectivity index (χ0) is 33.3. The van der Waals surface area contributed by atoms with E-state index in [9.17, 15) is 24.3 Å². The molecular formula is C32H41Cl3N4O6. The number of carbonyl (C=O) groups is 4. The average molecular weight is 684 g/mol. The molecule has 1 fully saturated rings. The Balaban J connectivity index is 1.50. The van der Waals surface area contributed by atoms with E-state index in [4.69, 9.17) is 39.5 Å². The number of carbonyl (C=O) groups excluding carboxylic acids is 4. The Hall–Kier alpha value is -2.89. The maximum Gasteiger partial charge on any atom is 0.325 e. The van der Waals surface area contributed by atoms with Crippen molar-refractivity contribution < 1.29 is 29.0 Å². The molecule has 3 amide bonds. The maximum absolute atomic E-state index is 13.1. The quantitative estimate of drug-likeness (QED) is 0.192. The minimum atomic E-state index is -1.75. The van der Waals surface area contributed by atoms with E-state index >= 15 is 0 Å². The zero-order valence-electron chi connectivity index (χ0n) is 25.8. The molecule has 2 aromatic carbocycles. The molecule has 0 aromatic heterocycles. The van der Waals surface area contributed by atoms with Crippen LogP contribution in [0.5, 0.6) is 0 Å². The van der Waals surface area contributed by atoms with Crippen molar-refractivity contribution >= 4 is 58.5 Å². The molecule has 1 aliphatic heterocycles. The van der Waals surface area contributed by atoms with Gasteiger partial charge in [-0.3, -0.25) is 24.2 Å². The summed E-state index contributed by atoms with van der Waals surface area (Å²) in [5.41, 5.74) is 6.63. The predicted molar refractivity (Wildman–Crippen MR) is 174 cm³/mol. The molecule has 45 heavy (non-hydrogen) atoms. The van der Waals surface area contributed by atoms with Crippen LogP contribution in [0.25, 0.3) is 11.1 Å². The molecule has 0 unspecified atom stereocenters. The third-order valence-corrected chi connectivity index (χ3v) is 7.73. The number of aliphatic hydroxyl groups excluding tert-OH is 1. The number of ether oxygens (including phenoxy) is 1. The molecule has 1 saturated heterocycles. The number of halogens is 3. The Labute approximate surface area is 279 Å². The van der Waals surface area contributed by atoms with Crippen LogP contribution in [-0.2, 0) is 30.3 Å². The number of hydrogen-bond donors (Lipinski definition) is 4. The molecule has 246 valence electrons. The van der Waals surface area contributed by atoms with E-state index in [0.717, 1.165) is 22.3 Å². The third-order valence-electron chi connectivity index (χ3n) is 7.41. The summed E-state index contributed by atoms with van der Waals surface area (Å²) in [5.74, 6) is -2.11. The minimum Gasteiger partial charge on any atom is -0.460 e. The molecular weight excluding hydrogens is 643 g/mol. The van der Waals surface area contributed by atoms with Gasteiger partial charge in [-0.1, -0.05) is 91.1 Å².